The second-order valence-corrected chi connectivity index (χ2v) is 6.60. The average molecular weight is 457 g/mol. The summed E-state index contributed by atoms with van der Waals surface area (Å²) in [6, 6.07) is 8.52. The van der Waals surface area contributed by atoms with Crippen LogP contribution in [0.15, 0.2) is 36.4 Å². The Balaban J connectivity index is 0.000000534. The first kappa shape index (κ1) is 24.8. The number of benzene rings is 2. The molecule has 0 spiro atoms. The van der Waals surface area contributed by atoms with Gasteiger partial charge in [0, 0.05) is 12.1 Å². The number of carbonyl (C=O) groups is 2. The van der Waals surface area contributed by atoms with Gasteiger partial charge in [0.2, 0.25) is 0 Å². The average Bonchev–Trinajstić information content (AvgIpc) is 2.94. The Kier molecular flexibility index (Phi) is 8.30. The molecule has 0 bridgehead atoms. The second-order valence-electron chi connectivity index (χ2n) is 6.60. The summed E-state index contributed by atoms with van der Waals surface area (Å²) in [5, 5.41) is 18.1. The van der Waals surface area contributed by atoms with Crippen LogP contribution in [-0.2, 0) is 22.2 Å². The number of ether oxygens (including phenoxy) is 3. The van der Waals surface area contributed by atoms with Crippen LogP contribution in [0.25, 0.3) is 0 Å². The minimum atomic E-state index is -4.36. The molecule has 0 fully saturated rings. The molecule has 1 atom stereocenters. The fourth-order valence-corrected chi connectivity index (χ4v) is 3.01. The van der Waals surface area contributed by atoms with Gasteiger partial charge in [0.1, 0.15) is 11.9 Å². The van der Waals surface area contributed by atoms with Crippen LogP contribution in [-0.4, -0.2) is 49.5 Å². The van der Waals surface area contributed by atoms with E-state index < -0.39 is 23.7 Å². The molecule has 8 nitrogen and oxygen atoms in total. The van der Waals surface area contributed by atoms with Gasteiger partial charge in [-0.05, 0) is 54.9 Å². The Hall–Kier alpha value is -3.47. The first-order chi connectivity index (χ1) is 15.1. The van der Waals surface area contributed by atoms with Gasteiger partial charge in [0.05, 0.1) is 19.8 Å². The Morgan fingerprint density at radius 2 is 1.56 bits per heavy atom. The maximum absolute atomic E-state index is 12.7. The highest BCUT2D eigenvalue weighted by molar-refractivity contribution is 6.27. The second kappa shape index (κ2) is 10.7. The predicted molar refractivity (Wildman–Crippen MR) is 106 cm³/mol. The minimum Gasteiger partial charge on any atom is -0.493 e. The Labute approximate surface area is 181 Å². The first-order valence-electron chi connectivity index (χ1n) is 9.32. The Bertz CT molecular complexity index is 934. The topological polar surface area (TPSA) is 114 Å². The van der Waals surface area contributed by atoms with Gasteiger partial charge in [0.25, 0.3) is 0 Å². The van der Waals surface area contributed by atoms with E-state index in [1.807, 2.05) is 12.1 Å². The number of nitrogens with one attached hydrogen (secondary N) is 1. The molecule has 1 unspecified atom stereocenters. The van der Waals surface area contributed by atoms with Gasteiger partial charge in [-0.15, -0.1) is 0 Å². The van der Waals surface area contributed by atoms with E-state index >= 15 is 0 Å². The molecule has 1 heterocycles. The molecule has 0 aromatic heterocycles. The van der Waals surface area contributed by atoms with E-state index in [0.29, 0.717) is 23.8 Å². The van der Waals surface area contributed by atoms with Crippen molar-refractivity contribution in [2.75, 3.05) is 27.3 Å². The minimum absolute atomic E-state index is 0.343. The zero-order valence-corrected chi connectivity index (χ0v) is 17.2. The molecule has 3 rings (SSSR count). The molecule has 0 saturated heterocycles. The highest BCUT2D eigenvalue weighted by Crippen LogP contribution is 2.36. The molecule has 0 aliphatic carbocycles. The number of halogens is 3. The largest absolute Gasteiger partial charge is 0.493 e. The third-order valence-electron chi connectivity index (χ3n) is 4.54. The van der Waals surface area contributed by atoms with Crippen LogP contribution >= 0.6 is 0 Å². The van der Waals surface area contributed by atoms with Crippen molar-refractivity contribution in [2.24, 2.45) is 0 Å². The Morgan fingerprint density at radius 3 is 2.06 bits per heavy atom. The van der Waals surface area contributed by atoms with Gasteiger partial charge < -0.3 is 29.7 Å². The maximum atomic E-state index is 12.7. The molecular weight excluding hydrogens is 435 g/mol. The fraction of sp³-hybridized carbons (Fsp3) is 0.333. The van der Waals surface area contributed by atoms with E-state index in [1.54, 1.807) is 14.2 Å². The molecule has 0 radical (unpaired) electrons. The number of aliphatic carboxylic acids is 2. The SMILES string of the molecule is COc1cc2c(cc1OC)C(Oc1ccc(C(F)(F)F)cc1)CNCC2.O=C(O)C(=O)O. The van der Waals surface area contributed by atoms with Crippen LogP contribution < -0.4 is 19.5 Å². The standard InChI is InChI=1S/C19H20F3NO3.C2H2O4/c1-24-16-9-12-7-8-23-11-18(15(12)10-17(16)25-2)26-14-5-3-13(4-6-14)19(20,21)22;3-1(4)2(5)6/h3-6,9-10,18,23H,7-8,11H2,1-2H3;(H,3,4)(H,5,6). The highest BCUT2D eigenvalue weighted by atomic mass is 19.4. The van der Waals surface area contributed by atoms with Crippen LogP contribution in [0.1, 0.15) is 22.8 Å². The molecule has 32 heavy (non-hydrogen) atoms. The van der Waals surface area contributed by atoms with Gasteiger partial charge in [0.15, 0.2) is 11.5 Å². The first-order valence-corrected chi connectivity index (χ1v) is 9.32. The maximum Gasteiger partial charge on any atom is 0.416 e. The molecule has 1 aliphatic heterocycles. The van der Waals surface area contributed by atoms with Crippen molar-refractivity contribution in [2.45, 2.75) is 18.7 Å². The van der Waals surface area contributed by atoms with Crippen LogP contribution in [0.2, 0.25) is 0 Å². The summed E-state index contributed by atoms with van der Waals surface area (Å²) in [6.45, 7) is 1.32. The summed E-state index contributed by atoms with van der Waals surface area (Å²) >= 11 is 0. The van der Waals surface area contributed by atoms with Crippen LogP contribution in [0.3, 0.4) is 0 Å². The summed E-state index contributed by atoms with van der Waals surface area (Å²) in [6.07, 6.45) is -3.91. The molecule has 11 heteroatoms. The summed E-state index contributed by atoms with van der Waals surface area (Å²) in [7, 11) is 3.14. The molecular formula is C21H22F3NO7. The zero-order chi connectivity index (χ0) is 23.9. The van der Waals surface area contributed by atoms with Crippen LogP contribution in [0.4, 0.5) is 13.2 Å². The molecule has 2 aromatic rings. The van der Waals surface area contributed by atoms with Crippen molar-refractivity contribution in [1.82, 2.24) is 5.32 Å². The summed E-state index contributed by atoms with van der Waals surface area (Å²) in [4.78, 5) is 18.2. The number of fused-ring (bicyclic) bond motifs is 1. The number of carboxylic acid groups (broad SMARTS) is 2. The highest BCUT2D eigenvalue weighted by Gasteiger charge is 2.30. The van der Waals surface area contributed by atoms with E-state index in [2.05, 4.69) is 5.32 Å². The van der Waals surface area contributed by atoms with Gasteiger partial charge >= 0.3 is 18.1 Å². The quantitative estimate of drug-likeness (QED) is 0.600. The smallest absolute Gasteiger partial charge is 0.416 e. The molecule has 0 saturated carbocycles. The van der Waals surface area contributed by atoms with E-state index in [9.17, 15) is 13.2 Å². The van der Waals surface area contributed by atoms with Crippen molar-refractivity contribution < 1.29 is 47.2 Å². The monoisotopic (exact) mass is 457 g/mol. The summed E-state index contributed by atoms with van der Waals surface area (Å²) < 4.78 is 54.8. The third kappa shape index (κ3) is 6.51. The van der Waals surface area contributed by atoms with E-state index in [4.69, 9.17) is 34.0 Å². The lowest BCUT2D eigenvalue weighted by molar-refractivity contribution is -0.159. The predicted octanol–water partition coefficient (Wildman–Crippen LogP) is 3.14. The van der Waals surface area contributed by atoms with Crippen molar-refractivity contribution in [3.05, 3.63) is 53.1 Å². The lowest BCUT2D eigenvalue weighted by Gasteiger charge is -2.21. The van der Waals surface area contributed by atoms with Gasteiger partial charge in [-0.25, -0.2) is 9.59 Å². The number of alkyl halides is 3. The number of carboxylic acids is 2. The van der Waals surface area contributed by atoms with Gasteiger partial charge in [-0.2, -0.15) is 13.2 Å². The number of methoxy groups -OCH3 is 2. The third-order valence-corrected chi connectivity index (χ3v) is 4.54. The summed E-state index contributed by atoms with van der Waals surface area (Å²) in [5.74, 6) is -2.03. The Morgan fingerprint density at radius 1 is 1.00 bits per heavy atom. The fourth-order valence-electron chi connectivity index (χ4n) is 3.01. The van der Waals surface area contributed by atoms with E-state index in [0.717, 1.165) is 36.2 Å². The number of hydrogen-bond donors (Lipinski definition) is 3. The van der Waals surface area contributed by atoms with Gasteiger partial charge in [-0.1, -0.05) is 0 Å². The number of rotatable bonds is 4. The molecule has 2 aromatic carbocycles. The summed E-state index contributed by atoms with van der Waals surface area (Å²) in [5.41, 5.74) is 1.30. The van der Waals surface area contributed by atoms with Crippen LogP contribution in [0, 0.1) is 0 Å². The molecule has 174 valence electrons. The molecule has 3 N–H and O–H groups in total. The lowest BCUT2D eigenvalue weighted by atomic mass is 10.00. The zero-order valence-electron chi connectivity index (χ0n) is 17.2. The molecule has 1 aliphatic rings. The van der Waals surface area contributed by atoms with E-state index in [1.165, 1.54) is 12.1 Å². The van der Waals surface area contributed by atoms with Gasteiger partial charge in [-0.3, -0.25) is 0 Å². The normalized spacial score (nSPS) is 15.3. The van der Waals surface area contributed by atoms with Crippen LogP contribution in [0.5, 0.6) is 17.2 Å². The van der Waals surface area contributed by atoms with Crippen molar-refractivity contribution >= 4 is 11.9 Å². The lowest BCUT2D eigenvalue weighted by Crippen LogP contribution is -2.23. The molecule has 0 amide bonds. The van der Waals surface area contributed by atoms with E-state index in [-0.39, 0.29) is 6.10 Å². The van der Waals surface area contributed by atoms with Crippen molar-refractivity contribution in [1.29, 1.82) is 0 Å². The van der Waals surface area contributed by atoms with Crippen molar-refractivity contribution in [3.63, 3.8) is 0 Å². The number of hydrogen-bond acceptors (Lipinski definition) is 6. The van der Waals surface area contributed by atoms with Crippen molar-refractivity contribution in [3.8, 4) is 17.2 Å².